The lowest BCUT2D eigenvalue weighted by Crippen LogP contribution is -3.19. The number of aryl methyl sites for hydroxylation is 1. The van der Waals surface area contributed by atoms with E-state index in [9.17, 15) is 4.39 Å². The number of nitrogens with two attached hydrogens (primary N) is 1. The standard InChI is InChI=1S/C19H21FN4/c1-14-3-2-10-24-17(13-23-11-8-21-9-12-23)18(22-19(14)24)15-4-6-16(20)7-5-15/h2-7,10,21H,8-9,11-13H2,1H3/p+2. The Labute approximate surface area is 140 Å². The van der Waals surface area contributed by atoms with Crippen LogP contribution < -0.4 is 10.2 Å². The van der Waals surface area contributed by atoms with Crippen molar-refractivity contribution < 1.29 is 14.6 Å². The first kappa shape index (κ1) is 15.3. The van der Waals surface area contributed by atoms with Crippen molar-refractivity contribution in [1.29, 1.82) is 0 Å². The zero-order valence-corrected chi connectivity index (χ0v) is 13.9. The summed E-state index contributed by atoms with van der Waals surface area (Å²) in [6.07, 6.45) is 2.09. The minimum absolute atomic E-state index is 0.211. The Balaban J connectivity index is 1.83. The molecule has 0 saturated carbocycles. The Morgan fingerprint density at radius 1 is 1.17 bits per heavy atom. The number of imidazole rings is 1. The molecule has 0 aliphatic carbocycles. The monoisotopic (exact) mass is 326 g/mol. The van der Waals surface area contributed by atoms with Gasteiger partial charge in [-0.05, 0) is 42.8 Å². The number of piperazine rings is 1. The minimum atomic E-state index is -0.211. The van der Waals surface area contributed by atoms with Gasteiger partial charge in [-0.1, -0.05) is 6.07 Å². The Hall–Kier alpha value is -2.24. The third-order valence-corrected chi connectivity index (χ3v) is 4.88. The predicted molar refractivity (Wildman–Crippen MR) is 91.4 cm³/mol. The van der Waals surface area contributed by atoms with Crippen LogP contribution in [0.3, 0.4) is 0 Å². The van der Waals surface area contributed by atoms with Crippen LogP contribution in [0, 0.1) is 12.7 Å². The molecule has 124 valence electrons. The van der Waals surface area contributed by atoms with Gasteiger partial charge in [0.05, 0.1) is 5.69 Å². The Kier molecular flexibility index (Phi) is 4.04. The van der Waals surface area contributed by atoms with Crippen molar-refractivity contribution in [3.05, 3.63) is 59.7 Å². The summed E-state index contributed by atoms with van der Waals surface area (Å²) in [4.78, 5) is 6.48. The summed E-state index contributed by atoms with van der Waals surface area (Å²) in [6, 6.07) is 10.8. The summed E-state index contributed by atoms with van der Waals surface area (Å²) >= 11 is 0. The van der Waals surface area contributed by atoms with E-state index in [0.29, 0.717) is 0 Å². The SMILES string of the molecule is Cc1cccn2c(C[NH+]3CC[NH2+]CC3)c(-c3ccc(F)cc3)nc12. The molecule has 1 fully saturated rings. The lowest BCUT2D eigenvalue weighted by atomic mass is 10.1. The summed E-state index contributed by atoms with van der Waals surface area (Å²) in [5.41, 5.74) is 5.34. The van der Waals surface area contributed by atoms with Crippen molar-refractivity contribution in [2.75, 3.05) is 26.2 Å². The second kappa shape index (κ2) is 6.34. The van der Waals surface area contributed by atoms with Gasteiger partial charge in [0.25, 0.3) is 0 Å². The molecule has 0 spiro atoms. The van der Waals surface area contributed by atoms with E-state index in [0.717, 1.165) is 29.0 Å². The molecule has 2 aromatic heterocycles. The maximum absolute atomic E-state index is 13.3. The fourth-order valence-corrected chi connectivity index (χ4v) is 3.56. The second-order valence-electron chi connectivity index (χ2n) is 6.59. The molecule has 1 saturated heterocycles. The average molecular weight is 326 g/mol. The van der Waals surface area contributed by atoms with Crippen molar-refractivity contribution in [3.63, 3.8) is 0 Å². The fourth-order valence-electron chi connectivity index (χ4n) is 3.56. The number of hydrogen-bond donors (Lipinski definition) is 2. The zero-order chi connectivity index (χ0) is 16.5. The molecule has 0 unspecified atom stereocenters. The summed E-state index contributed by atoms with van der Waals surface area (Å²) in [5, 5.41) is 2.38. The van der Waals surface area contributed by atoms with Crippen molar-refractivity contribution in [3.8, 4) is 11.3 Å². The number of rotatable bonds is 3. The van der Waals surface area contributed by atoms with Crippen LogP contribution in [0.1, 0.15) is 11.3 Å². The fraction of sp³-hybridized carbons (Fsp3) is 0.316. The number of fused-ring (bicyclic) bond motifs is 1. The summed E-state index contributed by atoms with van der Waals surface area (Å²) in [7, 11) is 0. The van der Waals surface area contributed by atoms with Gasteiger partial charge in [-0.2, -0.15) is 0 Å². The normalized spacial score (nSPS) is 15.9. The zero-order valence-electron chi connectivity index (χ0n) is 13.9. The summed E-state index contributed by atoms with van der Waals surface area (Å²) in [6.45, 7) is 7.73. The third kappa shape index (κ3) is 2.81. The first-order valence-electron chi connectivity index (χ1n) is 8.60. The van der Waals surface area contributed by atoms with Crippen molar-refractivity contribution >= 4 is 5.65 Å². The highest BCUT2D eigenvalue weighted by Gasteiger charge is 2.22. The van der Waals surface area contributed by atoms with Gasteiger partial charge in [0, 0.05) is 11.8 Å². The maximum Gasteiger partial charge on any atom is 0.140 e. The van der Waals surface area contributed by atoms with Crippen LogP contribution in [-0.4, -0.2) is 35.6 Å². The van der Waals surface area contributed by atoms with E-state index in [4.69, 9.17) is 4.98 Å². The molecule has 0 bridgehead atoms. The van der Waals surface area contributed by atoms with Gasteiger partial charge in [0.1, 0.15) is 49.9 Å². The Morgan fingerprint density at radius 2 is 1.92 bits per heavy atom. The quantitative estimate of drug-likeness (QED) is 0.719. The molecule has 4 rings (SSSR count). The molecule has 5 heteroatoms. The van der Waals surface area contributed by atoms with Crippen molar-refractivity contribution in [2.24, 2.45) is 0 Å². The number of hydrogen-bond acceptors (Lipinski definition) is 1. The van der Waals surface area contributed by atoms with Crippen LogP contribution >= 0.6 is 0 Å². The lowest BCUT2D eigenvalue weighted by Gasteiger charge is -2.22. The predicted octanol–water partition coefficient (Wildman–Crippen LogP) is 0.411. The minimum Gasteiger partial charge on any atom is -0.337 e. The molecule has 24 heavy (non-hydrogen) atoms. The maximum atomic E-state index is 13.3. The number of aromatic nitrogens is 2. The first-order chi connectivity index (χ1) is 11.7. The second-order valence-corrected chi connectivity index (χ2v) is 6.59. The Morgan fingerprint density at radius 3 is 2.67 bits per heavy atom. The van der Waals surface area contributed by atoms with E-state index in [2.05, 4.69) is 35.0 Å². The number of nitrogens with zero attached hydrogens (tertiary/aromatic N) is 2. The van der Waals surface area contributed by atoms with Crippen LogP contribution in [0.15, 0.2) is 42.6 Å². The molecule has 1 aromatic carbocycles. The lowest BCUT2D eigenvalue weighted by molar-refractivity contribution is -0.958. The number of halogens is 1. The van der Waals surface area contributed by atoms with Gasteiger partial charge in [-0.15, -0.1) is 0 Å². The van der Waals surface area contributed by atoms with E-state index in [-0.39, 0.29) is 5.82 Å². The van der Waals surface area contributed by atoms with E-state index in [1.807, 2.05) is 12.1 Å². The molecular formula is C19H23FN4+2. The highest BCUT2D eigenvalue weighted by Crippen LogP contribution is 2.25. The molecule has 1 aliphatic heterocycles. The van der Waals surface area contributed by atoms with Gasteiger partial charge < -0.3 is 10.2 Å². The van der Waals surface area contributed by atoms with Gasteiger partial charge in [0.15, 0.2) is 0 Å². The number of pyridine rings is 1. The van der Waals surface area contributed by atoms with Gasteiger partial charge in [-0.3, -0.25) is 4.40 Å². The molecule has 3 heterocycles. The smallest absolute Gasteiger partial charge is 0.140 e. The summed E-state index contributed by atoms with van der Waals surface area (Å²) < 4.78 is 15.5. The first-order valence-corrected chi connectivity index (χ1v) is 8.60. The highest BCUT2D eigenvalue weighted by atomic mass is 19.1. The molecule has 3 N–H and O–H groups in total. The average Bonchev–Trinajstić information content (AvgIpc) is 2.97. The molecule has 1 aliphatic rings. The summed E-state index contributed by atoms with van der Waals surface area (Å²) in [5.74, 6) is -0.211. The van der Waals surface area contributed by atoms with E-state index in [1.54, 1.807) is 4.90 Å². The van der Waals surface area contributed by atoms with Crippen LogP contribution in [0.25, 0.3) is 16.9 Å². The van der Waals surface area contributed by atoms with Crippen LogP contribution in [0.5, 0.6) is 0 Å². The number of nitrogens with one attached hydrogen (secondary N) is 1. The number of benzene rings is 1. The van der Waals surface area contributed by atoms with Crippen molar-refractivity contribution in [1.82, 2.24) is 9.38 Å². The van der Waals surface area contributed by atoms with Gasteiger partial charge in [0.2, 0.25) is 0 Å². The third-order valence-electron chi connectivity index (χ3n) is 4.88. The molecule has 0 amide bonds. The molecule has 0 radical (unpaired) electrons. The topological polar surface area (TPSA) is 38.4 Å². The van der Waals surface area contributed by atoms with Crippen molar-refractivity contribution in [2.45, 2.75) is 13.5 Å². The molecular weight excluding hydrogens is 303 g/mol. The van der Waals surface area contributed by atoms with E-state index < -0.39 is 0 Å². The largest absolute Gasteiger partial charge is 0.337 e. The van der Waals surface area contributed by atoms with E-state index in [1.165, 1.54) is 44.0 Å². The van der Waals surface area contributed by atoms with Gasteiger partial charge in [-0.25, -0.2) is 9.37 Å². The van der Waals surface area contributed by atoms with Gasteiger partial charge >= 0.3 is 0 Å². The van der Waals surface area contributed by atoms with Crippen LogP contribution in [-0.2, 0) is 6.54 Å². The molecule has 4 nitrogen and oxygen atoms in total. The highest BCUT2D eigenvalue weighted by molar-refractivity contribution is 5.67. The molecule has 3 aromatic rings. The Bertz CT molecular complexity index is 848. The van der Waals surface area contributed by atoms with Crippen LogP contribution in [0.2, 0.25) is 0 Å². The molecule has 0 atom stereocenters. The van der Waals surface area contributed by atoms with Crippen LogP contribution in [0.4, 0.5) is 4.39 Å². The number of quaternary nitrogens is 2. The van der Waals surface area contributed by atoms with E-state index >= 15 is 0 Å².